The zero-order valence-electron chi connectivity index (χ0n) is 35.2. The molecule has 3 aromatic heterocycles. The average Bonchev–Trinajstić information content (AvgIpc) is 3.90. The number of hydrogen-bond acceptors (Lipinski definition) is 4. The molecule has 302 valence electrons. The van der Waals surface area contributed by atoms with Gasteiger partial charge in [0.25, 0.3) is 0 Å². The third-order valence-corrected chi connectivity index (χ3v) is 12.2. The van der Waals surface area contributed by atoms with Crippen LogP contribution < -0.4 is 0 Å². The van der Waals surface area contributed by atoms with Crippen molar-refractivity contribution < 1.29 is 9.52 Å². The van der Waals surface area contributed by atoms with E-state index in [2.05, 4.69) is 177 Å². The lowest BCUT2D eigenvalue weighted by atomic mass is 9.83. The predicted molar refractivity (Wildman–Crippen MR) is 259 cm³/mol. The minimum absolute atomic E-state index is 0.0922. The van der Waals surface area contributed by atoms with Gasteiger partial charge in [0.15, 0.2) is 5.82 Å². The quantitative estimate of drug-likeness (QED) is 0.174. The molecule has 0 atom stereocenters. The summed E-state index contributed by atoms with van der Waals surface area (Å²) in [6.07, 6.45) is 1.91. The van der Waals surface area contributed by atoms with E-state index in [9.17, 15) is 5.11 Å². The Labute approximate surface area is 366 Å². The van der Waals surface area contributed by atoms with E-state index < -0.39 is 0 Å². The van der Waals surface area contributed by atoms with E-state index in [1.54, 1.807) is 6.07 Å². The zero-order valence-corrected chi connectivity index (χ0v) is 35.2. The Morgan fingerprint density at radius 3 is 1.94 bits per heavy atom. The largest absolute Gasteiger partial charge is 0.507 e. The van der Waals surface area contributed by atoms with Crippen LogP contribution >= 0.6 is 0 Å². The smallest absolute Gasteiger partial charge is 0.153 e. The number of fused-ring (bicyclic) bond motifs is 4. The first-order valence-corrected chi connectivity index (χ1v) is 21.4. The van der Waals surface area contributed by atoms with Crippen LogP contribution in [0.5, 0.6) is 5.75 Å². The van der Waals surface area contributed by atoms with Crippen molar-refractivity contribution in [3.05, 3.63) is 206 Å². The summed E-state index contributed by atoms with van der Waals surface area (Å²) in [7, 11) is 0. The van der Waals surface area contributed by atoms with E-state index >= 15 is 0 Å². The molecule has 3 heterocycles. The molecule has 0 radical (unpaired) electrons. The number of furan rings is 1. The number of rotatable bonds is 7. The first-order valence-electron chi connectivity index (χ1n) is 21.4. The van der Waals surface area contributed by atoms with E-state index in [1.807, 2.05) is 42.6 Å². The summed E-state index contributed by atoms with van der Waals surface area (Å²) in [6, 6.07) is 67.1. The van der Waals surface area contributed by atoms with Crippen LogP contribution in [0.3, 0.4) is 0 Å². The number of para-hydroxylation sites is 3. The molecule has 0 unspecified atom stereocenters. The highest BCUT2D eigenvalue weighted by Gasteiger charge is 2.26. The van der Waals surface area contributed by atoms with Gasteiger partial charge in [-0.3, -0.25) is 9.55 Å². The molecule has 0 aliphatic rings. The van der Waals surface area contributed by atoms with Gasteiger partial charge in [0, 0.05) is 33.7 Å². The first-order chi connectivity index (χ1) is 30.8. The molecule has 1 N–H and O–H groups in total. The Hall–Kier alpha value is -8.02. The van der Waals surface area contributed by atoms with Crippen molar-refractivity contribution in [2.75, 3.05) is 0 Å². The summed E-state index contributed by atoms with van der Waals surface area (Å²) in [5.74, 6) is 0.678. The molecule has 11 rings (SSSR count). The number of hydrogen-bond donors (Lipinski definition) is 1. The van der Waals surface area contributed by atoms with Crippen LogP contribution in [0.2, 0.25) is 0 Å². The lowest BCUT2D eigenvalue weighted by Gasteiger charge is -2.22. The predicted octanol–water partition coefficient (Wildman–Crippen LogP) is 15.3. The van der Waals surface area contributed by atoms with Crippen LogP contribution in [0, 0.1) is 0 Å². The van der Waals surface area contributed by atoms with Crippen molar-refractivity contribution in [2.45, 2.75) is 26.2 Å². The van der Waals surface area contributed by atoms with Crippen molar-refractivity contribution in [1.82, 2.24) is 14.5 Å². The van der Waals surface area contributed by atoms with Crippen LogP contribution in [-0.4, -0.2) is 19.6 Å². The van der Waals surface area contributed by atoms with Gasteiger partial charge in [-0.05, 0) is 99.0 Å². The van der Waals surface area contributed by atoms with Crippen LogP contribution in [0.1, 0.15) is 26.3 Å². The van der Waals surface area contributed by atoms with E-state index in [1.165, 1.54) is 16.7 Å². The summed E-state index contributed by atoms with van der Waals surface area (Å²) >= 11 is 0. The fraction of sp³-hybridized carbons (Fsp3) is 0.0690. The van der Waals surface area contributed by atoms with Crippen molar-refractivity contribution >= 4 is 33.0 Å². The SMILES string of the molecule is CC(C)(C)c1cc(-c2cc(-c3ccc(-c4ccccc4)cc3)ccn2)cc(-c2cccc3c2nc(-c2c(O)ccc4c2oc2ccccc24)n3-c2ccccc2-c2ccccc2)c1. The van der Waals surface area contributed by atoms with Gasteiger partial charge in [-0.1, -0.05) is 160 Å². The van der Waals surface area contributed by atoms with Gasteiger partial charge < -0.3 is 9.52 Å². The monoisotopic (exact) mass is 813 g/mol. The molecule has 63 heavy (non-hydrogen) atoms. The molecule has 0 spiro atoms. The molecule has 5 heteroatoms. The minimum Gasteiger partial charge on any atom is -0.507 e. The van der Waals surface area contributed by atoms with E-state index in [0.717, 1.165) is 77.7 Å². The summed E-state index contributed by atoms with van der Waals surface area (Å²) in [5, 5.41) is 13.8. The molecule has 8 aromatic carbocycles. The molecule has 11 aromatic rings. The van der Waals surface area contributed by atoms with Crippen LogP contribution in [0.25, 0.3) is 106 Å². The van der Waals surface area contributed by atoms with Crippen molar-refractivity contribution in [2.24, 2.45) is 0 Å². The second kappa shape index (κ2) is 15.2. The van der Waals surface area contributed by atoms with Crippen LogP contribution in [0.4, 0.5) is 0 Å². The number of phenolic OH excluding ortho intramolecular Hbond substituents is 1. The van der Waals surface area contributed by atoms with Crippen molar-refractivity contribution in [3.63, 3.8) is 0 Å². The summed E-state index contributed by atoms with van der Waals surface area (Å²) in [4.78, 5) is 10.5. The molecule has 0 bridgehead atoms. The molecule has 0 aliphatic heterocycles. The van der Waals surface area contributed by atoms with Gasteiger partial charge in [-0.2, -0.15) is 0 Å². The number of pyridine rings is 1. The van der Waals surface area contributed by atoms with Gasteiger partial charge >= 0.3 is 0 Å². The number of aromatic hydroxyl groups is 1. The second-order valence-corrected chi connectivity index (χ2v) is 17.2. The van der Waals surface area contributed by atoms with Crippen LogP contribution in [-0.2, 0) is 5.41 Å². The molecular weight excluding hydrogens is 771 g/mol. The third-order valence-electron chi connectivity index (χ3n) is 12.2. The maximum Gasteiger partial charge on any atom is 0.153 e. The number of aromatic nitrogens is 3. The summed E-state index contributed by atoms with van der Waals surface area (Å²) < 4.78 is 8.79. The Morgan fingerprint density at radius 1 is 0.508 bits per heavy atom. The van der Waals surface area contributed by atoms with Crippen molar-refractivity contribution in [1.29, 1.82) is 0 Å². The molecule has 0 aliphatic carbocycles. The lowest BCUT2D eigenvalue weighted by Crippen LogP contribution is -2.11. The maximum absolute atomic E-state index is 11.9. The number of benzene rings is 8. The van der Waals surface area contributed by atoms with E-state index in [4.69, 9.17) is 14.4 Å². The Balaban J connectivity index is 1.12. The van der Waals surface area contributed by atoms with Gasteiger partial charge in [0.2, 0.25) is 0 Å². The first kappa shape index (κ1) is 37.9. The maximum atomic E-state index is 11.9. The van der Waals surface area contributed by atoms with E-state index in [0.29, 0.717) is 17.0 Å². The molecule has 0 saturated carbocycles. The fourth-order valence-corrected chi connectivity index (χ4v) is 8.89. The molecule has 5 nitrogen and oxygen atoms in total. The van der Waals surface area contributed by atoms with Gasteiger partial charge in [0.1, 0.15) is 22.5 Å². The third kappa shape index (κ3) is 6.75. The molecular formula is C58H43N3O2. The van der Waals surface area contributed by atoms with Gasteiger partial charge in [0.05, 0.1) is 22.4 Å². The standard InChI is InChI=1S/C58H43N3O2/c1-58(2,3)44-34-42(33-43(35-44)49-36-41(31-32-59-49)39-27-25-38(26-28-39)37-15-6-4-7-16-37)46-21-14-23-51-55(46)60-57(61(51)50-22-12-10-19-45(50)40-17-8-5-9-18-40)54-52(62)30-29-48-47-20-11-13-24-53(47)63-56(48)54/h4-36,62H,1-3H3. The Morgan fingerprint density at radius 2 is 1.16 bits per heavy atom. The second-order valence-electron chi connectivity index (χ2n) is 17.2. The Kier molecular flexibility index (Phi) is 9.13. The Bertz CT molecular complexity index is 3490. The lowest BCUT2D eigenvalue weighted by molar-refractivity contribution is 0.476. The summed E-state index contributed by atoms with van der Waals surface area (Å²) in [5.41, 5.74) is 16.2. The normalized spacial score (nSPS) is 11.8. The highest BCUT2D eigenvalue weighted by atomic mass is 16.3. The highest BCUT2D eigenvalue weighted by Crippen LogP contribution is 2.45. The molecule has 0 saturated heterocycles. The van der Waals surface area contributed by atoms with Gasteiger partial charge in [-0.15, -0.1) is 0 Å². The highest BCUT2D eigenvalue weighted by molar-refractivity contribution is 6.11. The van der Waals surface area contributed by atoms with E-state index in [-0.39, 0.29) is 11.2 Å². The van der Waals surface area contributed by atoms with Crippen LogP contribution in [0.15, 0.2) is 205 Å². The van der Waals surface area contributed by atoms with Crippen molar-refractivity contribution in [3.8, 4) is 78.6 Å². The molecule has 0 fully saturated rings. The minimum atomic E-state index is -0.161. The zero-order chi connectivity index (χ0) is 42.7. The van der Waals surface area contributed by atoms with Gasteiger partial charge in [-0.25, -0.2) is 4.98 Å². The number of phenols is 1. The number of nitrogens with zero attached hydrogens (tertiary/aromatic N) is 3. The average molecular weight is 814 g/mol. The topological polar surface area (TPSA) is 64.1 Å². The molecule has 0 amide bonds. The fourth-order valence-electron chi connectivity index (χ4n) is 8.89. The summed E-state index contributed by atoms with van der Waals surface area (Å²) in [6.45, 7) is 6.75. The number of imidazole rings is 1.